The molecule has 0 bridgehead atoms. The summed E-state index contributed by atoms with van der Waals surface area (Å²) < 4.78 is 10.7. The topological polar surface area (TPSA) is 80.3 Å². The third-order valence-corrected chi connectivity index (χ3v) is 4.78. The van der Waals surface area contributed by atoms with Gasteiger partial charge in [-0.25, -0.2) is 4.79 Å². The summed E-state index contributed by atoms with van der Waals surface area (Å²) in [4.78, 5) is 13.7. The maximum Gasteiger partial charge on any atom is 0.345 e. The average molecular weight is 390 g/mol. The maximum atomic E-state index is 12.1. The number of benzene rings is 1. The molecule has 3 N–H and O–H groups in total. The second kappa shape index (κ2) is 9.59. The molecule has 8 heteroatoms. The lowest BCUT2D eigenvalue weighted by Crippen LogP contribution is -3.14. The molecule has 0 atom stereocenters. The van der Waals surface area contributed by atoms with Crippen LogP contribution in [-0.4, -0.2) is 50.2 Å². The van der Waals surface area contributed by atoms with Crippen molar-refractivity contribution in [1.29, 1.82) is 0 Å². The molecule has 0 unspecified atom stereocenters. The van der Waals surface area contributed by atoms with Crippen LogP contribution in [0.1, 0.15) is 18.9 Å². The van der Waals surface area contributed by atoms with E-state index in [1.165, 1.54) is 0 Å². The van der Waals surface area contributed by atoms with Gasteiger partial charge < -0.3 is 19.4 Å². The number of hydrazone groups is 1. The van der Waals surface area contributed by atoms with E-state index in [0.29, 0.717) is 22.0 Å². The van der Waals surface area contributed by atoms with Crippen LogP contribution in [-0.2, 0) is 4.74 Å². The zero-order valence-corrected chi connectivity index (χ0v) is 16.2. The molecule has 0 amide bonds. The van der Waals surface area contributed by atoms with Crippen LogP contribution >= 0.6 is 12.2 Å². The van der Waals surface area contributed by atoms with Crippen molar-refractivity contribution in [2.75, 3.05) is 39.4 Å². The van der Waals surface area contributed by atoms with E-state index in [9.17, 15) is 4.79 Å². The number of para-hydroxylation sites is 1. The number of rotatable bonds is 6. The molecule has 1 aliphatic heterocycles. The first kappa shape index (κ1) is 19.5. The minimum atomic E-state index is -0.413. The molecule has 1 aliphatic rings. The van der Waals surface area contributed by atoms with E-state index in [-0.39, 0.29) is 0 Å². The lowest BCUT2D eigenvalue weighted by atomic mass is 10.1. The number of ether oxygens (including phenoxy) is 1. The number of hydrogen-bond acceptors (Lipinski definition) is 5. The van der Waals surface area contributed by atoms with Gasteiger partial charge in [-0.15, -0.1) is 0 Å². The van der Waals surface area contributed by atoms with E-state index in [1.807, 2.05) is 18.2 Å². The van der Waals surface area contributed by atoms with E-state index >= 15 is 0 Å². The smallest absolute Gasteiger partial charge is 0.345 e. The number of nitrogens with zero attached hydrogens (tertiary/aromatic N) is 1. The Bertz CT molecular complexity index is 875. The summed E-state index contributed by atoms with van der Waals surface area (Å²) in [6.45, 7) is 7.46. The van der Waals surface area contributed by atoms with Crippen molar-refractivity contribution in [3.05, 3.63) is 46.3 Å². The van der Waals surface area contributed by atoms with Gasteiger partial charge in [0.05, 0.1) is 31.0 Å². The number of fused-ring (bicyclic) bond motifs is 1. The first-order chi connectivity index (χ1) is 13.1. The Kier molecular flexibility index (Phi) is 6.92. The Morgan fingerprint density at radius 1 is 1.30 bits per heavy atom. The van der Waals surface area contributed by atoms with Gasteiger partial charge in [-0.2, -0.15) is 5.10 Å². The fourth-order valence-corrected chi connectivity index (χ4v) is 3.15. The molecule has 2 aromatic rings. The van der Waals surface area contributed by atoms with Gasteiger partial charge >= 0.3 is 5.63 Å². The fourth-order valence-electron chi connectivity index (χ4n) is 3.00. The standard InChI is InChI=1S/C19H24N4O3S/c1-14(16-13-15-5-2-3-6-17(15)26-18(16)24)21-22-19(27)20-7-4-8-23-9-11-25-12-10-23/h2-3,5-6,13H,4,7-12H2,1H3,(H2,20,22,27)/p+1/b21-14-. The Hall–Kier alpha value is -2.29. The average Bonchev–Trinajstić information content (AvgIpc) is 2.69. The van der Waals surface area contributed by atoms with Crippen molar-refractivity contribution in [2.45, 2.75) is 13.3 Å². The largest absolute Gasteiger partial charge is 0.422 e. The molecule has 1 aromatic heterocycles. The SMILES string of the molecule is C/C(=N/NC(=S)NCCC[NH+]1CCOCC1)c1cc2ccccc2oc1=O. The molecule has 1 aromatic carbocycles. The molecule has 3 rings (SSSR count). The molecule has 0 spiro atoms. The second-order valence-electron chi connectivity index (χ2n) is 6.52. The van der Waals surface area contributed by atoms with Crippen molar-refractivity contribution < 1.29 is 14.1 Å². The lowest BCUT2D eigenvalue weighted by molar-refractivity contribution is -0.908. The molecule has 1 fully saturated rings. The van der Waals surface area contributed by atoms with Crippen LogP contribution in [0.5, 0.6) is 0 Å². The second-order valence-corrected chi connectivity index (χ2v) is 6.92. The van der Waals surface area contributed by atoms with E-state index < -0.39 is 5.63 Å². The number of hydrogen-bond donors (Lipinski definition) is 3. The van der Waals surface area contributed by atoms with Crippen molar-refractivity contribution in [1.82, 2.24) is 10.7 Å². The van der Waals surface area contributed by atoms with E-state index in [2.05, 4.69) is 15.8 Å². The van der Waals surface area contributed by atoms with Gasteiger partial charge in [0.15, 0.2) is 5.11 Å². The van der Waals surface area contributed by atoms with Crippen LogP contribution in [0.3, 0.4) is 0 Å². The molecule has 1 saturated heterocycles. The number of thiocarbonyl (C=S) groups is 1. The third kappa shape index (κ3) is 5.59. The minimum Gasteiger partial charge on any atom is -0.422 e. The molecular formula is C19H25N4O3S+. The normalized spacial score (nSPS) is 15.7. The number of morpholine rings is 1. The monoisotopic (exact) mass is 389 g/mol. The number of quaternary nitrogens is 1. The summed E-state index contributed by atoms with van der Waals surface area (Å²) in [5.41, 5.74) is 3.89. The summed E-state index contributed by atoms with van der Waals surface area (Å²) in [5.74, 6) is 0. The maximum absolute atomic E-state index is 12.1. The minimum absolute atomic E-state index is 0.413. The van der Waals surface area contributed by atoms with Crippen LogP contribution in [0, 0.1) is 0 Å². The van der Waals surface area contributed by atoms with E-state index in [0.717, 1.165) is 51.2 Å². The first-order valence-corrected chi connectivity index (χ1v) is 9.57. The van der Waals surface area contributed by atoms with Crippen LogP contribution in [0.15, 0.2) is 44.6 Å². The molecular weight excluding hydrogens is 364 g/mol. The summed E-state index contributed by atoms with van der Waals surface area (Å²) >= 11 is 5.24. The Morgan fingerprint density at radius 3 is 2.89 bits per heavy atom. The lowest BCUT2D eigenvalue weighted by Gasteiger charge is -2.23. The van der Waals surface area contributed by atoms with Gasteiger partial charge in [-0.3, -0.25) is 5.43 Å². The van der Waals surface area contributed by atoms with Gasteiger partial charge in [0, 0.05) is 18.4 Å². The third-order valence-electron chi connectivity index (χ3n) is 4.55. The molecule has 144 valence electrons. The first-order valence-electron chi connectivity index (χ1n) is 9.16. The van der Waals surface area contributed by atoms with Gasteiger partial charge in [-0.1, -0.05) is 18.2 Å². The molecule has 0 saturated carbocycles. The van der Waals surface area contributed by atoms with Gasteiger partial charge in [0.25, 0.3) is 0 Å². The highest BCUT2D eigenvalue weighted by atomic mass is 32.1. The van der Waals surface area contributed by atoms with Gasteiger partial charge in [0.1, 0.15) is 18.7 Å². The Balaban J connectivity index is 1.49. The van der Waals surface area contributed by atoms with Crippen molar-refractivity contribution in [2.24, 2.45) is 5.10 Å². The summed E-state index contributed by atoms with van der Waals surface area (Å²) in [6, 6.07) is 9.17. The van der Waals surface area contributed by atoms with E-state index in [4.69, 9.17) is 21.4 Å². The fraction of sp³-hybridized carbons (Fsp3) is 0.421. The van der Waals surface area contributed by atoms with Crippen LogP contribution < -0.4 is 21.3 Å². The summed E-state index contributed by atoms with van der Waals surface area (Å²) in [7, 11) is 0. The molecule has 7 nitrogen and oxygen atoms in total. The zero-order valence-electron chi connectivity index (χ0n) is 15.4. The Morgan fingerprint density at radius 2 is 2.07 bits per heavy atom. The molecule has 27 heavy (non-hydrogen) atoms. The van der Waals surface area contributed by atoms with Gasteiger partial charge in [0.2, 0.25) is 0 Å². The molecule has 0 radical (unpaired) electrons. The van der Waals surface area contributed by atoms with Crippen molar-refractivity contribution in [3.63, 3.8) is 0 Å². The predicted octanol–water partition coefficient (Wildman–Crippen LogP) is 0.286. The van der Waals surface area contributed by atoms with Crippen molar-refractivity contribution in [3.8, 4) is 0 Å². The highest BCUT2D eigenvalue weighted by Gasteiger charge is 2.12. The van der Waals surface area contributed by atoms with Crippen LogP contribution in [0.4, 0.5) is 0 Å². The zero-order chi connectivity index (χ0) is 19.1. The van der Waals surface area contributed by atoms with E-state index in [1.54, 1.807) is 24.0 Å². The van der Waals surface area contributed by atoms with Crippen molar-refractivity contribution >= 4 is 34.0 Å². The highest BCUT2D eigenvalue weighted by molar-refractivity contribution is 7.80. The quantitative estimate of drug-likeness (QED) is 0.217. The predicted molar refractivity (Wildman–Crippen MR) is 109 cm³/mol. The van der Waals surface area contributed by atoms with Gasteiger partial charge in [-0.05, 0) is 31.3 Å². The summed E-state index contributed by atoms with van der Waals surface area (Å²) in [6.07, 6.45) is 1.02. The van der Waals surface area contributed by atoms with Crippen LogP contribution in [0.25, 0.3) is 11.0 Å². The highest BCUT2D eigenvalue weighted by Crippen LogP contribution is 2.12. The Labute approximate surface area is 163 Å². The molecule has 0 aliphatic carbocycles. The number of nitrogens with one attached hydrogen (secondary N) is 3. The summed E-state index contributed by atoms with van der Waals surface area (Å²) in [5, 5.41) is 8.65. The van der Waals surface area contributed by atoms with Crippen LogP contribution in [0.2, 0.25) is 0 Å². The molecule has 2 heterocycles.